The number of hydrogen-bond donors (Lipinski definition) is 1. The van der Waals surface area contributed by atoms with E-state index in [2.05, 4.69) is 4.98 Å². The first kappa shape index (κ1) is 11.1. The number of halogens is 1. The van der Waals surface area contributed by atoms with Crippen LogP contribution in [0, 0.1) is 0 Å². The number of hydrogen-bond acceptors (Lipinski definition) is 3. The van der Waals surface area contributed by atoms with Crippen LogP contribution in [0.15, 0.2) is 46.9 Å². The molecule has 0 radical (unpaired) electrons. The van der Waals surface area contributed by atoms with Crippen molar-refractivity contribution in [3.63, 3.8) is 0 Å². The summed E-state index contributed by atoms with van der Waals surface area (Å²) < 4.78 is 5.66. The van der Waals surface area contributed by atoms with E-state index in [0.717, 1.165) is 22.4 Å². The first-order chi connectivity index (χ1) is 8.70. The number of nitrogens with two attached hydrogens (primary N) is 1. The van der Waals surface area contributed by atoms with Crippen LogP contribution in [0.4, 0.5) is 5.69 Å². The first-order valence-corrected chi connectivity index (χ1v) is 5.98. The first-order valence-electron chi connectivity index (χ1n) is 5.60. The molecule has 0 aliphatic rings. The molecule has 2 aromatic carbocycles. The van der Waals surface area contributed by atoms with Gasteiger partial charge in [0.25, 0.3) is 0 Å². The van der Waals surface area contributed by atoms with Crippen molar-refractivity contribution in [3.05, 3.63) is 58.9 Å². The van der Waals surface area contributed by atoms with Crippen molar-refractivity contribution in [1.82, 2.24) is 4.98 Å². The molecular formula is C14H11ClN2O. The van der Waals surface area contributed by atoms with Crippen LogP contribution in [0.5, 0.6) is 0 Å². The van der Waals surface area contributed by atoms with Gasteiger partial charge in [0.1, 0.15) is 5.52 Å². The third-order valence-corrected chi connectivity index (χ3v) is 2.94. The van der Waals surface area contributed by atoms with Gasteiger partial charge >= 0.3 is 0 Å². The van der Waals surface area contributed by atoms with Crippen molar-refractivity contribution in [1.29, 1.82) is 0 Å². The molecule has 0 aliphatic carbocycles. The molecule has 4 heteroatoms. The standard InChI is InChI=1S/C14H11ClN2O/c15-10-4-5-13-12(8-10)17-14(18-13)7-9-2-1-3-11(16)6-9/h1-6,8H,7,16H2. The Balaban J connectivity index is 1.95. The van der Waals surface area contributed by atoms with E-state index in [9.17, 15) is 0 Å². The third kappa shape index (κ3) is 2.17. The molecule has 0 amide bonds. The largest absolute Gasteiger partial charge is 0.440 e. The second kappa shape index (κ2) is 4.35. The van der Waals surface area contributed by atoms with E-state index in [1.165, 1.54) is 0 Å². The van der Waals surface area contributed by atoms with E-state index in [0.29, 0.717) is 17.3 Å². The van der Waals surface area contributed by atoms with E-state index >= 15 is 0 Å². The normalized spacial score (nSPS) is 10.9. The fourth-order valence-electron chi connectivity index (χ4n) is 1.90. The average Bonchev–Trinajstić information content (AvgIpc) is 2.70. The highest BCUT2D eigenvalue weighted by Gasteiger charge is 2.07. The van der Waals surface area contributed by atoms with Crippen LogP contribution < -0.4 is 5.73 Å². The lowest BCUT2D eigenvalue weighted by Crippen LogP contribution is -1.90. The van der Waals surface area contributed by atoms with Crippen LogP contribution in [0.3, 0.4) is 0 Å². The predicted molar refractivity (Wildman–Crippen MR) is 72.7 cm³/mol. The van der Waals surface area contributed by atoms with Gasteiger partial charge in [-0.05, 0) is 35.9 Å². The van der Waals surface area contributed by atoms with Crippen LogP contribution in [0.2, 0.25) is 5.02 Å². The molecule has 0 fully saturated rings. The summed E-state index contributed by atoms with van der Waals surface area (Å²) in [5.74, 6) is 0.665. The summed E-state index contributed by atoms with van der Waals surface area (Å²) in [6.45, 7) is 0. The monoisotopic (exact) mass is 258 g/mol. The lowest BCUT2D eigenvalue weighted by molar-refractivity contribution is 0.544. The zero-order valence-corrected chi connectivity index (χ0v) is 10.3. The molecule has 0 bridgehead atoms. The SMILES string of the molecule is Nc1cccc(Cc2nc3cc(Cl)ccc3o2)c1. The van der Waals surface area contributed by atoms with E-state index in [1.807, 2.05) is 30.3 Å². The molecule has 1 heterocycles. The summed E-state index contributed by atoms with van der Waals surface area (Å²) >= 11 is 5.91. The van der Waals surface area contributed by atoms with Crippen molar-refractivity contribution < 1.29 is 4.42 Å². The van der Waals surface area contributed by atoms with Crippen molar-refractivity contribution >= 4 is 28.4 Å². The summed E-state index contributed by atoms with van der Waals surface area (Å²) in [4.78, 5) is 4.41. The second-order valence-electron chi connectivity index (χ2n) is 4.14. The van der Waals surface area contributed by atoms with Gasteiger partial charge in [-0.3, -0.25) is 0 Å². The van der Waals surface area contributed by atoms with Gasteiger partial charge in [-0.2, -0.15) is 0 Å². The van der Waals surface area contributed by atoms with Crippen molar-refractivity contribution in [3.8, 4) is 0 Å². The molecular weight excluding hydrogens is 248 g/mol. The Hall–Kier alpha value is -2.00. The minimum Gasteiger partial charge on any atom is -0.440 e. The molecule has 3 nitrogen and oxygen atoms in total. The molecule has 0 atom stereocenters. The minimum atomic E-state index is 0.622. The Morgan fingerprint density at radius 3 is 2.89 bits per heavy atom. The number of nitrogen functional groups attached to an aromatic ring is 1. The van der Waals surface area contributed by atoms with Crippen molar-refractivity contribution in [2.75, 3.05) is 5.73 Å². The molecule has 0 saturated carbocycles. The van der Waals surface area contributed by atoms with Gasteiger partial charge in [0.2, 0.25) is 0 Å². The van der Waals surface area contributed by atoms with Gasteiger partial charge in [0, 0.05) is 17.1 Å². The Morgan fingerprint density at radius 2 is 2.06 bits per heavy atom. The number of benzene rings is 2. The lowest BCUT2D eigenvalue weighted by Gasteiger charge is -1.98. The molecule has 90 valence electrons. The quantitative estimate of drug-likeness (QED) is 0.714. The topological polar surface area (TPSA) is 52.0 Å². The third-order valence-electron chi connectivity index (χ3n) is 2.70. The predicted octanol–water partition coefficient (Wildman–Crippen LogP) is 3.65. The Bertz CT molecular complexity index is 706. The van der Waals surface area contributed by atoms with Gasteiger partial charge in [0.05, 0.1) is 0 Å². The van der Waals surface area contributed by atoms with E-state index in [-0.39, 0.29) is 0 Å². The molecule has 0 aliphatic heterocycles. The van der Waals surface area contributed by atoms with E-state index in [1.54, 1.807) is 12.1 Å². The fourth-order valence-corrected chi connectivity index (χ4v) is 2.07. The molecule has 1 aromatic heterocycles. The maximum absolute atomic E-state index is 5.91. The molecule has 18 heavy (non-hydrogen) atoms. The van der Waals surface area contributed by atoms with Gasteiger partial charge in [-0.15, -0.1) is 0 Å². The fraction of sp³-hybridized carbons (Fsp3) is 0.0714. The number of nitrogens with zero attached hydrogens (tertiary/aromatic N) is 1. The van der Waals surface area contributed by atoms with Gasteiger partial charge in [-0.1, -0.05) is 23.7 Å². The Morgan fingerprint density at radius 1 is 1.17 bits per heavy atom. The number of aromatic nitrogens is 1. The van der Waals surface area contributed by atoms with E-state index < -0.39 is 0 Å². The smallest absolute Gasteiger partial charge is 0.199 e. The summed E-state index contributed by atoms with van der Waals surface area (Å²) in [6, 6.07) is 13.1. The highest BCUT2D eigenvalue weighted by atomic mass is 35.5. The van der Waals surface area contributed by atoms with Crippen LogP contribution in [0.25, 0.3) is 11.1 Å². The zero-order valence-electron chi connectivity index (χ0n) is 9.56. The van der Waals surface area contributed by atoms with Crippen LogP contribution in [-0.2, 0) is 6.42 Å². The second-order valence-corrected chi connectivity index (χ2v) is 4.58. The van der Waals surface area contributed by atoms with Gasteiger partial charge in [-0.25, -0.2) is 4.98 Å². The summed E-state index contributed by atoms with van der Waals surface area (Å²) in [5, 5.41) is 0.659. The molecule has 0 saturated heterocycles. The lowest BCUT2D eigenvalue weighted by atomic mass is 10.1. The van der Waals surface area contributed by atoms with Crippen LogP contribution in [0.1, 0.15) is 11.5 Å². The average molecular weight is 259 g/mol. The van der Waals surface area contributed by atoms with Crippen molar-refractivity contribution in [2.45, 2.75) is 6.42 Å². The molecule has 3 aromatic rings. The summed E-state index contributed by atoms with van der Waals surface area (Å²) in [5.41, 5.74) is 9.09. The maximum atomic E-state index is 5.91. The number of anilines is 1. The highest BCUT2D eigenvalue weighted by Crippen LogP contribution is 2.21. The Kier molecular flexibility index (Phi) is 2.68. The van der Waals surface area contributed by atoms with Gasteiger partial charge < -0.3 is 10.2 Å². The van der Waals surface area contributed by atoms with Crippen LogP contribution >= 0.6 is 11.6 Å². The van der Waals surface area contributed by atoms with E-state index in [4.69, 9.17) is 21.8 Å². The molecule has 0 spiro atoms. The number of fused-ring (bicyclic) bond motifs is 1. The zero-order chi connectivity index (χ0) is 12.5. The molecule has 3 rings (SSSR count). The number of rotatable bonds is 2. The molecule has 0 unspecified atom stereocenters. The van der Waals surface area contributed by atoms with Gasteiger partial charge in [0.15, 0.2) is 11.5 Å². The minimum absolute atomic E-state index is 0.622. The van der Waals surface area contributed by atoms with Crippen molar-refractivity contribution in [2.24, 2.45) is 0 Å². The summed E-state index contributed by atoms with van der Waals surface area (Å²) in [7, 11) is 0. The Labute approximate surface area is 109 Å². The highest BCUT2D eigenvalue weighted by molar-refractivity contribution is 6.31. The number of oxazole rings is 1. The summed E-state index contributed by atoms with van der Waals surface area (Å²) in [6.07, 6.45) is 0.622. The maximum Gasteiger partial charge on any atom is 0.199 e. The molecule has 2 N–H and O–H groups in total. The van der Waals surface area contributed by atoms with Crippen LogP contribution in [-0.4, -0.2) is 4.98 Å².